The van der Waals surface area contributed by atoms with E-state index in [1.54, 1.807) is 54.2 Å². The van der Waals surface area contributed by atoms with Gasteiger partial charge in [-0.3, -0.25) is 19.2 Å². The summed E-state index contributed by atoms with van der Waals surface area (Å²) in [6.07, 6.45) is 3.08. The Morgan fingerprint density at radius 1 is 1.18 bits per heavy atom. The summed E-state index contributed by atoms with van der Waals surface area (Å²) in [7, 11) is 2.99. The van der Waals surface area contributed by atoms with Gasteiger partial charge < -0.3 is 15.4 Å². The monoisotopic (exact) mass is 527 g/mol. The molecule has 12 nitrogen and oxygen atoms in total. The summed E-state index contributed by atoms with van der Waals surface area (Å²) in [6.45, 7) is 0. The van der Waals surface area contributed by atoms with Crippen molar-refractivity contribution in [2.75, 3.05) is 12.4 Å². The Labute approximate surface area is 222 Å². The average Bonchev–Trinajstić information content (AvgIpc) is 3.49. The Balaban J connectivity index is 1.50. The second-order valence-electron chi connectivity index (χ2n) is 9.41. The van der Waals surface area contributed by atoms with Gasteiger partial charge in [0.05, 0.1) is 40.9 Å². The first-order chi connectivity index (χ1) is 18.8. The lowest BCUT2D eigenvalue weighted by Gasteiger charge is -2.14. The highest BCUT2D eigenvalue weighted by Gasteiger charge is 2.30. The maximum absolute atomic E-state index is 13.2. The zero-order valence-electron chi connectivity index (χ0n) is 21.2. The van der Waals surface area contributed by atoms with Crippen molar-refractivity contribution >= 4 is 34.3 Å². The van der Waals surface area contributed by atoms with Gasteiger partial charge in [-0.05, 0) is 48.6 Å². The van der Waals surface area contributed by atoms with E-state index >= 15 is 0 Å². The van der Waals surface area contributed by atoms with Crippen LogP contribution in [0.15, 0.2) is 59.5 Å². The number of nitrogens with one attached hydrogen (secondary N) is 2. The number of aromatic nitrogens is 3. The third-order valence-corrected chi connectivity index (χ3v) is 6.98. The number of alkyl carbamates (subject to hydrolysis) is 1. The minimum Gasteiger partial charge on any atom is -0.453 e. The third kappa shape index (κ3) is 5.02. The molecule has 0 spiro atoms. The van der Waals surface area contributed by atoms with Crippen LogP contribution in [-0.4, -0.2) is 38.3 Å². The van der Waals surface area contributed by atoms with Crippen LogP contribution in [0.2, 0.25) is 0 Å². The molecule has 2 atom stereocenters. The minimum absolute atomic E-state index is 0.105. The van der Waals surface area contributed by atoms with Gasteiger partial charge >= 0.3 is 11.8 Å². The molecule has 12 heteroatoms. The number of nitrogens with zero attached hydrogens (tertiary/aromatic N) is 5. The zero-order chi connectivity index (χ0) is 27.7. The van der Waals surface area contributed by atoms with Crippen LogP contribution in [0, 0.1) is 21.4 Å². The van der Waals surface area contributed by atoms with Crippen molar-refractivity contribution in [3.63, 3.8) is 0 Å². The Hall–Kier alpha value is -5.18. The van der Waals surface area contributed by atoms with Gasteiger partial charge in [-0.1, -0.05) is 12.1 Å². The molecule has 0 radical (unpaired) electrons. The second kappa shape index (κ2) is 10.3. The number of pyridine rings is 1. The zero-order valence-corrected chi connectivity index (χ0v) is 21.2. The van der Waals surface area contributed by atoms with Crippen LogP contribution in [0.3, 0.4) is 0 Å². The van der Waals surface area contributed by atoms with Gasteiger partial charge in [0.15, 0.2) is 0 Å². The number of carbonyl (C=O) groups is 1. The third-order valence-electron chi connectivity index (χ3n) is 6.98. The van der Waals surface area contributed by atoms with Crippen molar-refractivity contribution in [3.8, 4) is 17.2 Å². The van der Waals surface area contributed by atoms with Crippen molar-refractivity contribution in [2.24, 2.45) is 7.05 Å². The fourth-order valence-corrected chi connectivity index (χ4v) is 5.10. The molecule has 0 aliphatic heterocycles. The molecule has 2 aromatic heterocycles. The van der Waals surface area contributed by atoms with E-state index in [9.17, 15) is 25.0 Å². The summed E-state index contributed by atoms with van der Waals surface area (Å²) in [5, 5.41) is 26.9. The van der Waals surface area contributed by atoms with Crippen LogP contribution in [0.5, 0.6) is 0 Å². The normalized spacial score (nSPS) is 16.5. The van der Waals surface area contributed by atoms with Gasteiger partial charge in [0.2, 0.25) is 0 Å². The number of nitro benzene ring substituents is 1. The van der Waals surface area contributed by atoms with Crippen LogP contribution in [-0.2, 0) is 11.8 Å². The molecule has 1 fully saturated rings. The number of nitro groups is 1. The smallest absolute Gasteiger partial charge is 0.407 e. The quantitative estimate of drug-likeness (QED) is 0.276. The first-order valence-corrected chi connectivity index (χ1v) is 12.3. The molecule has 2 heterocycles. The molecule has 1 aliphatic rings. The number of nitriles is 1. The number of benzene rings is 2. The van der Waals surface area contributed by atoms with Crippen molar-refractivity contribution in [3.05, 3.63) is 80.9 Å². The van der Waals surface area contributed by atoms with E-state index in [2.05, 4.69) is 21.7 Å². The summed E-state index contributed by atoms with van der Waals surface area (Å²) in [4.78, 5) is 40.4. The molecule has 4 aromatic rings. The summed E-state index contributed by atoms with van der Waals surface area (Å²) in [5.74, 6) is 0.404. The van der Waals surface area contributed by atoms with Gasteiger partial charge in [0.25, 0.3) is 5.69 Å². The molecule has 2 N–H and O–H groups in total. The van der Waals surface area contributed by atoms with Crippen LogP contribution >= 0.6 is 0 Å². The molecule has 0 bridgehead atoms. The number of carbonyl (C=O) groups excluding carboxylic acids is 1. The molecule has 0 saturated heterocycles. The number of ether oxygens (including phenoxy) is 1. The predicted molar refractivity (Wildman–Crippen MR) is 144 cm³/mol. The van der Waals surface area contributed by atoms with E-state index in [1.807, 2.05) is 0 Å². The highest BCUT2D eigenvalue weighted by molar-refractivity contribution is 5.80. The van der Waals surface area contributed by atoms with Gasteiger partial charge in [0, 0.05) is 43.0 Å². The van der Waals surface area contributed by atoms with Crippen LogP contribution < -0.4 is 16.3 Å². The standard InChI is InChI=1S/C27H25N7O5/c1-32-24-15-29-25(13-23(24)33(27(32)36)21-7-6-19(11-21)31-26(35)39-2)30-20-9-18(10-22(12-20)34(37)38)17-5-3-4-16(8-17)14-28/h3-5,8-10,12-13,15,19,21H,6-7,11H2,1-2H3,(H,29,30)(H,31,35)/t19-,21-/m1/s1. The number of hydrogen-bond donors (Lipinski definition) is 2. The SMILES string of the molecule is COC(=O)N[C@@H]1CC[C@@H](n2c(=O)n(C)c3cnc(Nc4cc(-c5cccc(C#N)c5)cc([N+](=O)[O-])c4)cc32)C1. The number of hydrogen-bond acceptors (Lipinski definition) is 8. The van der Waals surface area contributed by atoms with E-state index < -0.39 is 11.0 Å². The van der Waals surface area contributed by atoms with E-state index in [1.165, 1.54) is 23.8 Å². The maximum atomic E-state index is 13.2. The molecule has 1 amide bonds. The highest BCUT2D eigenvalue weighted by atomic mass is 16.6. The largest absolute Gasteiger partial charge is 0.453 e. The molecule has 39 heavy (non-hydrogen) atoms. The lowest BCUT2D eigenvalue weighted by Crippen LogP contribution is -2.33. The lowest BCUT2D eigenvalue weighted by atomic mass is 10.0. The van der Waals surface area contributed by atoms with Crippen LogP contribution in [0.25, 0.3) is 22.2 Å². The van der Waals surface area contributed by atoms with Crippen LogP contribution in [0.4, 0.5) is 22.0 Å². The molecular formula is C27H25N7O5. The van der Waals surface area contributed by atoms with Gasteiger partial charge in [-0.25, -0.2) is 14.6 Å². The van der Waals surface area contributed by atoms with E-state index in [0.29, 0.717) is 58.5 Å². The molecule has 0 unspecified atom stereocenters. The minimum atomic E-state index is -0.503. The number of amides is 1. The number of fused-ring (bicyclic) bond motifs is 1. The molecule has 1 aliphatic carbocycles. The van der Waals surface area contributed by atoms with Gasteiger partial charge in [0.1, 0.15) is 5.82 Å². The first kappa shape index (κ1) is 25.5. The fraction of sp³-hybridized carbons (Fsp3) is 0.259. The Bertz CT molecular complexity index is 1700. The Morgan fingerprint density at radius 2 is 2.00 bits per heavy atom. The number of anilines is 2. The number of methoxy groups -OCH3 is 1. The van der Waals surface area contributed by atoms with Crippen molar-refractivity contribution in [1.29, 1.82) is 5.26 Å². The lowest BCUT2D eigenvalue weighted by molar-refractivity contribution is -0.384. The molecule has 2 aromatic carbocycles. The van der Waals surface area contributed by atoms with Gasteiger partial charge in [-0.2, -0.15) is 5.26 Å². The van der Waals surface area contributed by atoms with E-state index in [-0.39, 0.29) is 23.5 Å². The summed E-state index contributed by atoms with van der Waals surface area (Å²) < 4.78 is 7.94. The number of imidazole rings is 1. The van der Waals surface area contributed by atoms with Crippen LogP contribution in [0.1, 0.15) is 30.9 Å². The molecule has 5 rings (SSSR count). The maximum Gasteiger partial charge on any atom is 0.407 e. The van der Waals surface area contributed by atoms with Crippen molar-refractivity contribution in [2.45, 2.75) is 31.3 Å². The predicted octanol–water partition coefficient (Wildman–Crippen LogP) is 4.38. The number of aryl methyl sites for hydroxylation is 1. The summed E-state index contributed by atoms with van der Waals surface area (Å²) in [6, 6.07) is 15.0. The fourth-order valence-electron chi connectivity index (χ4n) is 5.10. The Kier molecular flexibility index (Phi) is 6.72. The molecular weight excluding hydrogens is 502 g/mol. The number of non-ortho nitro benzene ring substituents is 1. The van der Waals surface area contributed by atoms with Gasteiger partial charge in [-0.15, -0.1) is 0 Å². The first-order valence-electron chi connectivity index (χ1n) is 12.3. The summed E-state index contributed by atoms with van der Waals surface area (Å²) in [5.41, 5.74) is 3.10. The number of rotatable bonds is 6. The average molecular weight is 528 g/mol. The van der Waals surface area contributed by atoms with E-state index in [0.717, 1.165) is 0 Å². The summed E-state index contributed by atoms with van der Waals surface area (Å²) >= 11 is 0. The molecule has 198 valence electrons. The Morgan fingerprint density at radius 3 is 2.74 bits per heavy atom. The highest BCUT2D eigenvalue weighted by Crippen LogP contribution is 2.34. The van der Waals surface area contributed by atoms with E-state index in [4.69, 9.17) is 4.74 Å². The van der Waals surface area contributed by atoms with Crippen molar-refractivity contribution < 1.29 is 14.5 Å². The second-order valence-corrected chi connectivity index (χ2v) is 9.41. The molecule has 1 saturated carbocycles. The van der Waals surface area contributed by atoms with Crippen molar-refractivity contribution in [1.82, 2.24) is 19.4 Å². The topological polar surface area (TPSA) is 157 Å².